The molecule has 0 saturated heterocycles. The summed E-state index contributed by atoms with van der Waals surface area (Å²) in [5, 5.41) is 9.31. The maximum absolute atomic E-state index is 11.3. The van der Waals surface area contributed by atoms with Crippen molar-refractivity contribution in [3.05, 3.63) is 58.3 Å². The Morgan fingerprint density at radius 3 is 2.57 bits per heavy atom. The molecule has 0 fully saturated rings. The second kappa shape index (κ2) is 5.33. The first-order valence-corrected chi connectivity index (χ1v) is 7.40. The lowest BCUT2D eigenvalue weighted by atomic mass is 10.2. The molecule has 0 radical (unpaired) electrons. The van der Waals surface area contributed by atoms with Crippen LogP contribution in [0.4, 0.5) is 0 Å². The van der Waals surface area contributed by atoms with Gasteiger partial charge in [0.2, 0.25) is 0 Å². The summed E-state index contributed by atoms with van der Waals surface area (Å²) in [4.78, 5) is 15.9. The van der Waals surface area contributed by atoms with E-state index in [-0.39, 0.29) is 5.56 Å². The van der Waals surface area contributed by atoms with Gasteiger partial charge in [-0.15, -0.1) is 0 Å². The molecule has 2 aromatic carbocycles. The van der Waals surface area contributed by atoms with Gasteiger partial charge in [-0.3, -0.25) is 4.57 Å². The molecule has 106 valence electrons. The highest BCUT2D eigenvalue weighted by Gasteiger charge is 2.16. The van der Waals surface area contributed by atoms with Gasteiger partial charge in [-0.25, -0.2) is 9.78 Å². The summed E-state index contributed by atoms with van der Waals surface area (Å²) >= 11 is 3.42. The number of carbonyl (C=O) groups is 1. The number of rotatable bonds is 3. The molecule has 1 aromatic heterocycles. The van der Waals surface area contributed by atoms with Crippen LogP contribution in [0, 0.1) is 0 Å². The van der Waals surface area contributed by atoms with E-state index in [9.17, 15) is 9.90 Å². The summed E-state index contributed by atoms with van der Waals surface area (Å²) in [6, 6.07) is 13.1. The maximum Gasteiger partial charge on any atom is 0.337 e. The van der Waals surface area contributed by atoms with Gasteiger partial charge in [0.15, 0.2) is 0 Å². The Bertz CT molecular complexity index is 822. The van der Waals surface area contributed by atoms with Crippen LogP contribution in [0.25, 0.3) is 16.7 Å². The lowest BCUT2D eigenvalue weighted by molar-refractivity contribution is 0.0699. The summed E-state index contributed by atoms with van der Waals surface area (Å²) in [6.07, 6.45) is 0.726. The van der Waals surface area contributed by atoms with Crippen LogP contribution in [-0.4, -0.2) is 20.6 Å². The van der Waals surface area contributed by atoms with Gasteiger partial charge >= 0.3 is 5.97 Å². The van der Waals surface area contributed by atoms with Gasteiger partial charge in [-0.05, 0) is 36.4 Å². The van der Waals surface area contributed by atoms with Crippen LogP contribution in [0.1, 0.15) is 23.1 Å². The third-order valence-electron chi connectivity index (χ3n) is 3.39. The number of benzene rings is 2. The number of aromatic nitrogens is 2. The smallest absolute Gasteiger partial charge is 0.337 e. The van der Waals surface area contributed by atoms with E-state index in [4.69, 9.17) is 0 Å². The second-order valence-electron chi connectivity index (χ2n) is 4.67. The quantitative estimate of drug-likeness (QED) is 0.779. The number of aromatic carboxylic acids is 1. The van der Waals surface area contributed by atoms with Crippen LogP contribution in [0.15, 0.2) is 46.9 Å². The third kappa shape index (κ3) is 2.34. The largest absolute Gasteiger partial charge is 0.478 e. The van der Waals surface area contributed by atoms with Crippen molar-refractivity contribution in [2.75, 3.05) is 0 Å². The Labute approximate surface area is 130 Å². The van der Waals surface area contributed by atoms with E-state index >= 15 is 0 Å². The normalized spacial score (nSPS) is 11.0. The molecule has 0 aliphatic rings. The highest BCUT2D eigenvalue weighted by molar-refractivity contribution is 9.10. The molecule has 0 aliphatic heterocycles. The first-order chi connectivity index (χ1) is 10.1. The lowest BCUT2D eigenvalue weighted by Gasteiger charge is -2.08. The fourth-order valence-electron chi connectivity index (χ4n) is 2.44. The Morgan fingerprint density at radius 1 is 1.24 bits per heavy atom. The van der Waals surface area contributed by atoms with Gasteiger partial charge in [0.05, 0.1) is 11.1 Å². The summed E-state index contributed by atoms with van der Waals surface area (Å²) in [6.45, 7) is 2.01. The molecule has 0 spiro atoms. The number of para-hydroxylation sites is 1. The average Bonchev–Trinajstić information content (AvgIpc) is 2.86. The molecular formula is C16H13BrN2O2. The molecule has 5 heteroatoms. The maximum atomic E-state index is 11.3. The number of hydrogen-bond donors (Lipinski definition) is 1. The molecule has 4 nitrogen and oxygen atoms in total. The van der Waals surface area contributed by atoms with Crippen LogP contribution in [-0.2, 0) is 6.42 Å². The highest BCUT2D eigenvalue weighted by Crippen LogP contribution is 2.25. The standard InChI is InChI=1S/C16H13BrN2O2/c1-2-14-18-15-12(16(20)21)4-3-5-13(15)19(14)11-8-6-10(17)7-9-11/h3-9H,2H2,1H3,(H,20,21). The molecule has 0 unspecified atom stereocenters. The number of imidazole rings is 1. The predicted molar refractivity (Wildman–Crippen MR) is 85.1 cm³/mol. The fourth-order valence-corrected chi connectivity index (χ4v) is 2.70. The number of carboxylic acids is 1. The Hall–Kier alpha value is -2.14. The van der Waals surface area contributed by atoms with Crippen LogP contribution < -0.4 is 0 Å². The van der Waals surface area contributed by atoms with Crippen LogP contribution in [0.2, 0.25) is 0 Å². The van der Waals surface area contributed by atoms with Crippen molar-refractivity contribution < 1.29 is 9.90 Å². The van der Waals surface area contributed by atoms with Gasteiger partial charge in [-0.2, -0.15) is 0 Å². The zero-order valence-corrected chi connectivity index (χ0v) is 13.0. The zero-order chi connectivity index (χ0) is 15.0. The summed E-state index contributed by atoms with van der Waals surface area (Å²) in [5.41, 5.74) is 2.55. The monoisotopic (exact) mass is 344 g/mol. The van der Waals surface area contributed by atoms with Crippen LogP contribution in [0.3, 0.4) is 0 Å². The van der Waals surface area contributed by atoms with Gasteiger partial charge in [0.25, 0.3) is 0 Å². The first kappa shape index (κ1) is 13.8. The summed E-state index contributed by atoms with van der Waals surface area (Å²) in [5.74, 6) is -0.107. The second-order valence-corrected chi connectivity index (χ2v) is 5.59. The molecular weight excluding hydrogens is 332 g/mol. The molecule has 0 aliphatic carbocycles. The van der Waals surface area contributed by atoms with Crippen molar-refractivity contribution in [3.8, 4) is 5.69 Å². The van der Waals surface area contributed by atoms with Crippen molar-refractivity contribution in [2.45, 2.75) is 13.3 Å². The van der Waals surface area contributed by atoms with Gasteiger partial charge < -0.3 is 5.11 Å². The molecule has 0 atom stereocenters. The van der Waals surface area contributed by atoms with Crippen molar-refractivity contribution >= 4 is 32.9 Å². The average molecular weight is 345 g/mol. The fraction of sp³-hybridized carbons (Fsp3) is 0.125. The summed E-state index contributed by atoms with van der Waals surface area (Å²) < 4.78 is 3.01. The minimum absolute atomic E-state index is 0.234. The molecule has 1 heterocycles. The van der Waals surface area contributed by atoms with E-state index in [1.54, 1.807) is 12.1 Å². The number of hydrogen-bond acceptors (Lipinski definition) is 2. The number of halogens is 1. The Kier molecular flexibility index (Phi) is 3.51. The van der Waals surface area contributed by atoms with Gasteiger partial charge in [0, 0.05) is 16.6 Å². The molecule has 3 rings (SSSR count). The lowest BCUT2D eigenvalue weighted by Crippen LogP contribution is -2.00. The highest BCUT2D eigenvalue weighted by atomic mass is 79.9. The summed E-state index contributed by atoms with van der Waals surface area (Å²) in [7, 11) is 0. The van der Waals surface area contributed by atoms with E-state index in [1.165, 1.54) is 0 Å². The third-order valence-corrected chi connectivity index (χ3v) is 3.91. The molecule has 21 heavy (non-hydrogen) atoms. The minimum Gasteiger partial charge on any atom is -0.478 e. The number of fused-ring (bicyclic) bond motifs is 1. The predicted octanol–water partition coefficient (Wildman–Crippen LogP) is 4.05. The number of aryl methyl sites for hydroxylation is 1. The zero-order valence-electron chi connectivity index (χ0n) is 11.4. The van der Waals surface area contributed by atoms with Crippen molar-refractivity contribution in [3.63, 3.8) is 0 Å². The molecule has 0 saturated carbocycles. The Morgan fingerprint density at radius 2 is 1.95 bits per heavy atom. The number of carboxylic acid groups (broad SMARTS) is 1. The van der Waals surface area contributed by atoms with Crippen molar-refractivity contribution in [2.24, 2.45) is 0 Å². The van der Waals surface area contributed by atoms with E-state index in [0.29, 0.717) is 5.52 Å². The van der Waals surface area contributed by atoms with Gasteiger partial charge in [0.1, 0.15) is 11.3 Å². The first-order valence-electron chi connectivity index (χ1n) is 6.61. The molecule has 0 amide bonds. The van der Waals surface area contributed by atoms with E-state index in [2.05, 4.69) is 20.9 Å². The molecule has 3 aromatic rings. The van der Waals surface area contributed by atoms with Gasteiger partial charge in [-0.1, -0.05) is 28.9 Å². The topological polar surface area (TPSA) is 55.1 Å². The number of nitrogens with zero attached hydrogens (tertiary/aromatic N) is 2. The minimum atomic E-state index is -0.955. The van der Waals surface area contributed by atoms with E-state index < -0.39 is 5.97 Å². The molecule has 0 bridgehead atoms. The van der Waals surface area contributed by atoms with Crippen molar-refractivity contribution in [1.29, 1.82) is 0 Å². The molecule has 1 N–H and O–H groups in total. The Balaban J connectivity index is 2.33. The van der Waals surface area contributed by atoms with Crippen molar-refractivity contribution in [1.82, 2.24) is 9.55 Å². The van der Waals surface area contributed by atoms with E-state index in [1.807, 2.05) is 41.8 Å². The van der Waals surface area contributed by atoms with Crippen LogP contribution in [0.5, 0.6) is 0 Å². The SMILES string of the molecule is CCc1nc2c(C(=O)O)cccc2n1-c1ccc(Br)cc1. The van der Waals surface area contributed by atoms with Crippen LogP contribution >= 0.6 is 15.9 Å². The van der Waals surface area contributed by atoms with E-state index in [0.717, 1.165) is 27.9 Å².